The molecule has 1 saturated heterocycles. The molecule has 1 aliphatic rings. The van der Waals surface area contributed by atoms with Gasteiger partial charge in [-0.05, 0) is 45.1 Å². The van der Waals surface area contributed by atoms with Crippen LogP contribution < -0.4 is 0 Å². The maximum absolute atomic E-state index is 13.0. The van der Waals surface area contributed by atoms with Gasteiger partial charge < -0.3 is 9.42 Å². The van der Waals surface area contributed by atoms with E-state index in [-0.39, 0.29) is 5.82 Å². The molecule has 2 aromatic rings. The van der Waals surface area contributed by atoms with Crippen molar-refractivity contribution in [3.63, 3.8) is 0 Å². The summed E-state index contributed by atoms with van der Waals surface area (Å²) in [5.74, 6) is 0.168. The SMILES string of the molecule is CC.CN1CCC(c2noc3cc(F)ccc23)CC1. The van der Waals surface area contributed by atoms with E-state index in [1.165, 1.54) is 12.1 Å². The second-order valence-corrected chi connectivity index (χ2v) is 4.79. The first-order valence-corrected chi connectivity index (χ1v) is 6.97. The number of fused-ring (bicyclic) bond motifs is 1. The van der Waals surface area contributed by atoms with Crippen LogP contribution >= 0.6 is 0 Å². The summed E-state index contributed by atoms with van der Waals surface area (Å²) in [7, 11) is 2.13. The molecule has 0 atom stereocenters. The molecule has 0 amide bonds. The van der Waals surface area contributed by atoms with Gasteiger partial charge in [-0.2, -0.15) is 0 Å². The molecule has 0 unspecified atom stereocenters. The Labute approximate surface area is 113 Å². The lowest BCUT2D eigenvalue weighted by molar-refractivity contribution is 0.250. The summed E-state index contributed by atoms with van der Waals surface area (Å²) < 4.78 is 18.3. The van der Waals surface area contributed by atoms with Crippen LogP contribution in [0.4, 0.5) is 4.39 Å². The third-order valence-electron chi connectivity index (χ3n) is 3.57. The Kier molecular flexibility index (Phi) is 4.53. The van der Waals surface area contributed by atoms with E-state index in [2.05, 4.69) is 17.1 Å². The van der Waals surface area contributed by atoms with E-state index in [0.29, 0.717) is 11.5 Å². The van der Waals surface area contributed by atoms with Gasteiger partial charge in [0.05, 0.1) is 5.69 Å². The molecule has 1 fully saturated rings. The highest BCUT2D eigenvalue weighted by Crippen LogP contribution is 2.32. The van der Waals surface area contributed by atoms with Crippen molar-refractivity contribution in [1.82, 2.24) is 10.1 Å². The summed E-state index contributed by atoms with van der Waals surface area (Å²) >= 11 is 0. The van der Waals surface area contributed by atoms with Gasteiger partial charge in [0, 0.05) is 17.4 Å². The van der Waals surface area contributed by atoms with Gasteiger partial charge >= 0.3 is 0 Å². The van der Waals surface area contributed by atoms with Crippen LogP contribution in [0.3, 0.4) is 0 Å². The molecular formula is C15H21FN2O. The van der Waals surface area contributed by atoms with Gasteiger partial charge in [-0.1, -0.05) is 19.0 Å². The maximum atomic E-state index is 13.0. The molecule has 2 heterocycles. The first-order valence-electron chi connectivity index (χ1n) is 6.97. The third-order valence-corrected chi connectivity index (χ3v) is 3.57. The lowest BCUT2D eigenvalue weighted by Gasteiger charge is -2.27. The van der Waals surface area contributed by atoms with Crippen molar-refractivity contribution >= 4 is 11.0 Å². The van der Waals surface area contributed by atoms with Crippen LogP contribution in [0.15, 0.2) is 22.7 Å². The minimum Gasteiger partial charge on any atom is -0.356 e. The Bertz CT molecular complexity index is 530. The van der Waals surface area contributed by atoms with Crippen molar-refractivity contribution in [3.05, 3.63) is 29.7 Å². The van der Waals surface area contributed by atoms with Crippen molar-refractivity contribution in [2.45, 2.75) is 32.6 Å². The summed E-state index contributed by atoms with van der Waals surface area (Å²) in [4.78, 5) is 2.32. The number of hydrogen-bond acceptors (Lipinski definition) is 3. The Morgan fingerprint density at radius 3 is 2.63 bits per heavy atom. The van der Waals surface area contributed by atoms with Crippen molar-refractivity contribution in [2.75, 3.05) is 20.1 Å². The molecule has 1 aromatic carbocycles. The second kappa shape index (κ2) is 6.15. The first-order chi connectivity index (χ1) is 9.24. The Morgan fingerprint density at radius 2 is 1.95 bits per heavy atom. The fraction of sp³-hybridized carbons (Fsp3) is 0.533. The second-order valence-electron chi connectivity index (χ2n) is 4.79. The van der Waals surface area contributed by atoms with Crippen LogP contribution in [0.1, 0.15) is 38.3 Å². The van der Waals surface area contributed by atoms with Crippen LogP contribution in [0.25, 0.3) is 11.0 Å². The first kappa shape index (κ1) is 14.0. The molecule has 104 valence electrons. The van der Waals surface area contributed by atoms with Crippen molar-refractivity contribution in [3.8, 4) is 0 Å². The van der Waals surface area contributed by atoms with Gasteiger partial charge in [-0.3, -0.25) is 0 Å². The van der Waals surface area contributed by atoms with Crippen LogP contribution in [0.2, 0.25) is 0 Å². The third kappa shape index (κ3) is 2.95. The maximum Gasteiger partial charge on any atom is 0.170 e. The quantitative estimate of drug-likeness (QED) is 0.784. The Hall–Kier alpha value is -1.42. The highest BCUT2D eigenvalue weighted by Gasteiger charge is 2.23. The highest BCUT2D eigenvalue weighted by molar-refractivity contribution is 5.79. The van der Waals surface area contributed by atoms with E-state index in [4.69, 9.17) is 4.52 Å². The number of benzene rings is 1. The minimum absolute atomic E-state index is 0.274. The van der Waals surface area contributed by atoms with Crippen molar-refractivity contribution in [1.29, 1.82) is 0 Å². The fourth-order valence-corrected chi connectivity index (χ4v) is 2.51. The number of hydrogen-bond donors (Lipinski definition) is 0. The highest BCUT2D eigenvalue weighted by atomic mass is 19.1. The summed E-state index contributed by atoms with van der Waals surface area (Å²) in [5.41, 5.74) is 1.55. The zero-order valence-electron chi connectivity index (χ0n) is 11.8. The number of nitrogens with zero attached hydrogens (tertiary/aromatic N) is 2. The fourth-order valence-electron chi connectivity index (χ4n) is 2.51. The van der Waals surface area contributed by atoms with E-state index in [1.54, 1.807) is 6.07 Å². The Morgan fingerprint density at radius 1 is 1.26 bits per heavy atom. The largest absolute Gasteiger partial charge is 0.356 e. The predicted molar refractivity (Wildman–Crippen MR) is 74.8 cm³/mol. The molecule has 0 aliphatic carbocycles. The molecule has 1 aliphatic heterocycles. The van der Waals surface area contributed by atoms with Crippen LogP contribution in [-0.4, -0.2) is 30.2 Å². The molecule has 0 spiro atoms. The van der Waals surface area contributed by atoms with Crippen LogP contribution in [0, 0.1) is 5.82 Å². The molecule has 4 heteroatoms. The predicted octanol–water partition coefficient (Wildman–Crippen LogP) is 3.80. The van der Waals surface area contributed by atoms with E-state index < -0.39 is 0 Å². The van der Waals surface area contributed by atoms with Gasteiger partial charge in [0.25, 0.3) is 0 Å². The lowest BCUT2D eigenvalue weighted by atomic mass is 9.92. The average molecular weight is 264 g/mol. The number of piperidine rings is 1. The molecule has 0 saturated carbocycles. The molecule has 3 rings (SSSR count). The summed E-state index contributed by atoms with van der Waals surface area (Å²) in [6.07, 6.45) is 2.19. The van der Waals surface area contributed by atoms with E-state index in [9.17, 15) is 4.39 Å². The summed E-state index contributed by atoms with van der Waals surface area (Å²) in [6.45, 7) is 6.17. The van der Waals surface area contributed by atoms with Crippen LogP contribution in [0.5, 0.6) is 0 Å². The molecular weight excluding hydrogens is 243 g/mol. The van der Waals surface area contributed by atoms with Crippen molar-refractivity contribution < 1.29 is 8.91 Å². The Balaban J connectivity index is 0.000000637. The zero-order valence-corrected chi connectivity index (χ0v) is 11.8. The minimum atomic E-state index is -0.274. The average Bonchev–Trinajstić information content (AvgIpc) is 2.85. The molecule has 0 N–H and O–H groups in total. The number of rotatable bonds is 1. The van der Waals surface area contributed by atoms with Crippen molar-refractivity contribution in [2.24, 2.45) is 0 Å². The summed E-state index contributed by atoms with van der Waals surface area (Å²) in [5, 5.41) is 5.08. The smallest absolute Gasteiger partial charge is 0.170 e. The number of likely N-dealkylation sites (tertiary alicyclic amines) is 1. The number of halogens is 1. The lowest BCUT2D eigenvalue weighted by Crippen LogP contribution is -2.29. The summed E-state index contributed by atoms with van der Waals surface area (Å²) in [6, 6.07) is 4.65. The molecule has 0 bridgehead atoms. The van der Waals surface area contributed by atoms with E-state index >= 15 is 0 Å². The molecule has 3 nitrogen and oxygen atoms in total. The molecule has 1 aromatic heterocycles. The zero-order chi connectivity index (χ0) is 13.8. The van der Waals surface area contributed by atoms with Gasteiger partial charge in [0.2, 0.25) is 0 Å². The van der Waals surface area contributed by atoms with Crippen LogP contribution in [-0.2, 0) is 0 Å². The van der Waals surface area contributed by atoms with E-state index in [1.807, 2.05) is 13.8 Å². The van der Waals surface area contributed by atoms with Gasteiger partial charge in [-0.25, -0.2) is 4.39 Å². The molecule has 19 heavy (non-hydrogen) atoms. The topological polar surface area (TPSA) is 29.3 Å². The normalized spacial score (nSPS) is 17.3. The van der Waals surface area contributed by atoms with E-state index in [0.717, 1.165) is 37.0 Å². The van der Waals surface area contributed by atoms with Gasteiger partial charge in [0.1, 0.15) is 5.82 Å². The molecule has 0 radical (unpaired) electrons. The number of aromatic nitrogens is 1. The van der Waals surface area contributed by atoms with Gasteiger partial charge in [-0.15, -0.1) is 0 Å². The standard InChI is InChI=1S/C13H15FN2O.C2H6/c1-16-6-4-9(5-7-16)13-11-3-2-10(14)8-12(11)17-15-13;1-2/h2-3,8-9H,4-7H2,1H3;1-2H3. The monoisotopic (exact) mass is 264 g/mol. The van der Waals surface area contributed by atoms with Gasteiger partial charge in [0.15, 0.2) is 5.58 Å².